The molecule has 0 bridgehead atoms. The predicted molar refractivity (Wildman–Crippen MR) is 123 cm³/mol. The van der Waals surface area contributed by atoms with Crippen LogP contribution in [0.2, 0.25) is 0 Å². The maximum absolute atomic E-state index is 13.4. The van der Waals surface area contributed by atoms with Crippen LogP contribution in [0.5, 0.6) is 11.5 Å². The van der Waals surface area contributed by atoms with Crippen LogP contribution in [0, 0.1) is 0 Å². The molecule has 2 atom stereocenters. The van der Waals surface area contributed by atoms with Gasteiger partial charge in [0.25, 0.3) is 11.2 Å². The SMILES string of the molecule is CCCCOC(=O)C(C)(Oc1ccccc1)C(C)(Oc1ccccc1)C(=O)OCCCC. The first-order valence-electron chi connectivity index (χ1n) is 11.2. The summed E-state index contributed by atoms with van der Waals surface area (Å²) >= 11 is 0. The molecule has 0 heterocycles. The van der Waals surface area contributed by atoms with Gasteiger partial charge in [-0.05, 0) is 51.0 Å². The largest absolute Gasteiger partial charge is 0.471 e. The summed E-state index contributed by atoms with van der Waals surface area (Å²) in [5.41, 5.74) is -3.64. The van der Waals surface area contributed by atoms with E-state index in [4.69, 9.17) is 18.9 Å². The Kier molecular flexibility index (Phi) is 9.57. The van der Waals surface area contributed by atoms with Gasteiger partial charge in [-0.25, -0.2) is 9.59 Å². The highest BCUT2D eigenvalue weighted by molar-refractivity contribution is 5.93. The molecule has 0 N–H and O–H groups in total. The molecule has 2 aromatic carbocycles. The zero-order valence-electron chi connectivity index (χ0n) is 19.5. The van der Waals surface area contributed by atoms with Gasteiger partial charge in [-0.3, -0.25) is 0 Å². The molecule has 32 heavy (non-hydrogen) atoms. The monoisotopic (exact) mass is 442 g/mol. The molecule has 0 saturated heterocycles. The number of carbonyl (C=O) groups excluding carboxylic acids is 2. The third-order valence-electron chi connectivity index (χ3n) is 5.28. The molecule has 174 valence electrons. The number of hydrogen-bond donors (Lipinski definition) is 0. The lowest BCUT2D eigenvalue weighted by atomic mass is 9.84. The van der Waals surface area contributed by atoms with E-state index in [1.807, 2.05) is 26.0 Å². The molecule has 0 fully saturated rings. The standard InChI is InChI=1S/C26H34O6/c1-5-7-19-29-23(27)25(3,31-21-15-11-9-12-16-21)26(4,24(28)30-20-8-6-2)32-22-17-13-10-14-18-22/h9-18H,5-8,19-20H2,1-4H3. The van der Waals surface area contributed by atoms with Crippen molar-refractivity contribution in [2.24, 2.45) is 0 Å². The van der Waals surface area contributed by atoms with Crippen LogP contribution in [0.15, 0.2) is 60.7 Å². The molecule has 0 radical (unpaired) electrons. The number of unbranched alkanes of at least 4 members (excludes halogenated alkanes) is 2. The third-order valence-corrected chi connectivity index (χ3v) is 5.28. The van der Waals surface area contributed by atoms with Crippen LogP contribution in [-0.4, -0.2) is 36.4 Å². The van der Waals surface area contributed by atoms with E-state index in [0.717, 1.165) is 12.8 Å². The lowest BCUT2D eigenvalue weighted by molar-refractivity contribution is -0.197. The van der Waals surface area contributed by atoms with Gasteiger partial charge in [-0.1, -0.05) is 63.1 Å². The second-order valence-electron chi connectivity index (χ2n) is 7.88. The Balaban J connectivity index is 2.49. The molecule has 0 aromatic heterocycles. The van der Waals surface area contributed by atoms with Crippen molar-refractivity contribution in [3.63, 3.8) is 0 Å². The Morgan fingerprint density at radius 1 is 0.656 bits per heavy atom. The second kappa shape index (κ2) is 12.1. The van der Waals surface area contributed by atoms with Gasteiger partial charge in [-0.15, -0.1) is 0 Å². The normalized spacial score (nSPS) is 14.5. The van der Waals surface area contributed by atoms with Crippen LogP contribution in [0.1, 0.15) is 53.4 Å². The minimum Gasteiger partial charge on any atom is -0.471 e. The van der Waals surface area contributed by atoms with E-state index in [2.05, 4.69) is 0 Å². The van der Waals surface area contributed by atoms with E-state index in [1.54, 1.807) is 48.5 Å². The molecule has 0 aliphatic rings. The van der Waals surface area contributed by atoms with Gasteiger partial charge in [-0.2, -0.15) is 0 Å². The number of carbonyl (C=O) groups is 2. The van der Waals surface area contributed by atoms with Crippen molar-refractivity contribution in [2.75, 3.05) is 13.2 Å². The molecule has 0 aliphatic heterocycles. The van der Waals surface area contributed by atoms with Gasteiger partial charge in [0.05, 0.1) is 13.2 Å². The van der Waals surface area contributed by atoms with Crippen molar-refractivity contribution in [3.8, 4) is 11.5 Å². The van der Waals surface area contributed by atoms with Crippen LogP contribution >= 0.6 is 0 Å². The number of ether oxygens (including phenoxy) is 4. The van der Waals surface area contributed by atoms with Crippen molar-refractivity contribution < 1.29 is 28.5 Å². The topological polar surface area (TPSA) is 71.1 Å². The first-order chi connectivity index (χ1) is 15.4. The number of para-hydroxylation sites is 2. The van der Waals surface area contributed by atoms with E-state index in [9.17, 15) is 9.59 Å². The number of benzene rings is 2. The maximum Gasteiger partial charge on any atom is 0.355 e. The molecular formula is C26H34O6. The fraction of sp³-hybridized carbons (Fsp3) is 0.462. The van der Waals surface area contributed by atoms with Crippen LogP contribution < -0.4 is 9.47 Å². The van der Waals surface area contributed by atoms with Crippen LogP contribution in [0.3, 0.4) is 0 Å². The Morgan fingerprint density at radius 3 is 1.31 bits per heavy atom. The summed E-state index contributed by atoms with van der Waals surface area (Å²) in [5, 5.41) is 0. The van der Waals surface area contributed by atoms with E-state index in [-0.39, 0.29) is 13.2 Å². The molecule has 6 nitrogen and oxygen atoms in total. The zero-order valence-corrected chi connectivity index (χ0v) is 19.5. The first-order valence-corrected chi connectivity index (χ1v) is 11.2. The number of rotatable bonds is 13. The molecule has 0 amide bonds. The van der Waals surface area contributed by atoms with Crippen molar-refractivity contribution in [1.29, 1.82) is 0 Å². The highest BCUT2D eigenvalue weighted by Crippen LogP contribution is 2.35. The van der Waals surface area contributed by atoms with E-state index in [0.29, 0.717) is 24.3 Å². The average Bonchev–Trinajstić information content (AvgIpc) is 2.80. The number of hydrogen-bond acceptors (Lipinski definition) is 6. The molecule has 2 unspecified atom stereocenters. The summed E-state index contributed by atoms with van der Waals surface area (Å²) < 4.78 is 23.4. The fourth-order valence-corrected chi connectivity index (χ4v) is 3.01. The van der Waals surface area contributed by atoms with Crippen molar-refractivity contribution in [2.45, 2.75) is 64.6 Å². The van der Waals surface area contributed by atoms with Crippen molar-refractivity contribution in [3.05, 3.63) is 60.7 Å². The molecule has 0 spiro atoms. The lowest BCUT2D eigenvalue weighted by Gasteiger charge is -2.41. The lowest BCUT2D eigenvalue weighted by Crippen LogP contribution is -2.67. The van der Waals surface area contributed by atoms with Gasteiger partial charge in [0.2, 0.25) is 0 Å². The predicted octanol–water partition coefficient (Wildman–Crippen LogP) is 5.35. The van der Waals surface area contributed by atoms with E-state index >= 15 is 0 Å². The summed E-state index contributed by atoms with van der Waals surface area (Å²) in [4.78, 5) is 26.8. The quantitative estimate of drug-likeness (QED) is 0.308. The molecule has 2 rings (SSSR count). The van der Waals surface area contributed by atoms with E-state index in [1.165, 1.54) is 13.8 Å². The maximum atomic E-state index is 13.4. The van der Waals surface area contributed by atoms with Crippen LogP contribution in [0.25, 0.3) is 0 Å². The molecule has 0 saturated carbocycles. The van der Waals surface area contributed by atoms with Crippen molar-refractivity contribution in [1.82, 2.24) is 0 Å². The summed E-state index contributed by atoms with van der Waals surface area (Å²) in [5.74, 6) is -0.570. The van der Waals surface area contributed by atoms with E-state index < -0.39 is 23.1 Å². The minimum atomic E-state index is -1.82. The van der Waals surface area contributed by atoms with Gasteiger partial charge in [0.15, 0.2) is 0 Å². The highest BCUT2D eigenvalue weighted by atomic mass is 16.6. The summed E-state index contributed by atoms with van der Waals surface area (Å²) in [6, 6.07) is 17.7. The Morgan fingerprint density at radius 2 is 1.00 bits per heavy atom. The first kappa shape index (κ1) is 25.2. The fourth-order valence-electron chi connectivity index (χ4n) is 3.01. The zero-order chi connectivity index (χ0) is 23.5. The minimum absolute atomic E-state index is 0.218. The Bertz CT molecular complexity index is 766. The van der Waals surface area contributed by atoms with Crippen LogP contribution in [0.4, 0.5) is 0 Å². The Labute approximate surface area is 190 Å². The van der Waals surface area contributed by atoms with Gasteiger partial charge < -0.3 is 18.9 Å². The summed E-state index contributed by atoms with van der Waals surface area (Å²) in [6.45, 7) is 7.46. The number of esters is 2. The average molecular weight is 443 g/mol. The molecule has 2 aromatic rings. The van der Waals surface area contributed by atoms with Crippen molar-refractivity contribution >= 4 is 11.9 Å². The Hall–Kier alpha value is -3.02. The van der Waals surface area contributed by atoms with Gasteiger partial charge >= 0.3 is 11.9 Å². The van der Waals surface area contributed by atoms with Gasteiger partial charge in [0.1, 0.15) is 11.5 Å². The molecule has 0 aliphatic carbocycles. The molecular weight excluding hydrogens is 408 g/mol. The summed E-state index contributed by atoms with van der Waals surface area (Å²) in [7, 11) is 0. The third kappa shape index (κ3) is 6.25. The van der Waals surface area contributed by atoms with Gasteiger partial charge in [0, 0.05) is 0 Å². The smallest absolute Gasteiger partial charge is 0.355 e. The second-order valence-corrected chi connectivity index (χ2v) is 7.88. The molecule has 6 heteroatoms. The van der Waals surface area contributed by atoms with Crippen LogP contribution in [-0.2, 0) is 19.1 Å². The highest BCUT2D eigenvalue weighted by Gasteiger charge is 2.62. The summed E-state index contributed by atoms with van der Waals surface area (Å²) in [6.07, 6.45) is 3.12.